The average Bonchev–Trinajstić information content (AvgIpc) is 2.06. The van der Waals surface area contributed by atoms with Crippen molar-refractivity contribution in [2.24, 2.45) is 0 Å². The second-order valence-electron chi connectivity index (χ2n) is 1.95. The molecule has 12 heavy (non-hydrogen) atoms. The number of aromatic nitrogens is 2. The molecule has 2 N–H and O–H groups in total. The SMILES string of the molecule is N#[N+]c1c[nH]c(=O)n(CO)c1=O. The Morgan fingerprint density at radius 3 is 2.83 bits per heavy atom. The Morgan fingerprint density at radius 2 is 2.33 bits per heavy atom. The van der Waals surface area contributed by atoms with Crippen LogP contribution in [0.4, 0.5) is 5.69 Å². The molecule has 0 aromatic carbocycles. The molecule has 0 aliphatic carbocycles. The topological polar surface area (TPSA) is 103 Å². The lowest BCUT2D eigenvalue weighted by Crippen LogP contribution is -2.34. The summed E-state index contributed by atoms with van der Waals surface area (Å²) in [6, 6.07) is 0. The first-order chi connectivity index (χ1) is 5.70. The molecule has 0 fully saturated rings. The van der Waals surface area contributed by atoms with E-state index in [0.717, 1.165) is 6.20 Å². The van der Waals surface area contributed by atoms with Crippen molar-refractivity contribution in [1.29, 1.82) is 5.39 Å². The summed E-state index contributed by atoms with van der Waals surface area (Å²) in [5.41, 5.74) is -1.93. The van der Waals surface area contributed by atoms with Gasteiger partial charge in [-0.05, 0) is 0 Å². The predicted molar refractivity (Wildman–Crippen MR) is 38.3 cm³/mol. The lowest BCUT2D eigenvalue weighted by molar-refractivity contribution is 0.200. The van der Waals surface area contributed by atoms with Crippen molar-refractivity contribution in [3.8, 4) is 0 Å². The number of diazo groups is 1. The highest BCUT2D eigenvalue weighted by molar-refractivity contribution is 5.37. The van der Waals surface area contributed by atoms with Gasteiger partial charge in [0.2, 0.25) is 5.39 Å². The third-order valence-corrected chi connectivity index (χ3v) is 1.29. The predicted octanol–water partition coefficient (Wildman–Crippen LogP) is -1.03. The highest BCUT2D eigenvalue weighted by Gasteiger charge is 2.15. The number of aromatic amines is 1. The van der Waals surface area contributed by atoms with Gasteiger partial charge < -0.3 is 10.1 Å². The fraction of sp³-hybridized carbons (Fsp3) is 0.200. The summed E-state index contributed by atoms with van der Waals surface area (Å²) in [5.74, 6) is 0. The Morgan fingerprint density at radius 1 is 1.67 bits per heavy atom. The zero-order chi connectivity index (χ0) is 9.14. The van der Waals surface area contributed by atoms with E-state index in [9.17, 15) is 9.59 Å². The van der Waals surface area contributed by atoms with Crippen molar-refractivity contribution in [3.05, 3.63) is 32.0 Å². The van der Waals surface area contributed by atoms with Crippen LogP contribution in [0.5, 0.6) is 0 Å². The first-order valence-corrected chi connectivity index (χ1v) is 2.99. The second kappa shape index (κ2) is 2.98. The molecule has 0 spiro atoms. The van der Waals surface area contributed by atoms with Gasteiger partial charge >= 0.3 is 16.9 Å². The molecule has 0 radical (unpaired) electrons. The van der Waals surface area contributed by atoms with E-state index >= 15 is 0 Å². The first-order valence-electron chi connectivity index (χ1n) is 2.99. The van der Waals surface area contributed by atoms with Crippen molar-refractivity contribution in [1.82, 2.24) is 9.55 Å². The van der Waals surface area contributed by atoms with Crippen LogP contribution in [0.1, 0.15) is 0 Å². The Kier molecular flexibility index (Phi) is 2.02. The fourth-order valence-corrected chi connectivity index (χ4v) is 0.700. The summed E-state index contributed by atoms with van der Waals surface area (Å²) in [6.45, 7) is -0.752. The highest BCUT2D eigenvalue weighted by Crippen LogP contribution is 1.96. The van der Waals surface area contributed by atoms with Gasteiger partial charge in [0.05, 0.1) is 0 Å². The van der Waals surface area contributed by atoms with Gasteiger partial charge in [0.1, 0.15) is 12.9 Å². The molecule has 0 unspecified atom stereocenters. The normalized spacial score (nSPS) is 9.33. The van der Waals surface area contributed by atoms with Gasteiger partial charge in [-0.1, -0.05) is 0 Å². The van der Waals surface area contributed by atoms with E-state index in [-0.39, 0.29) is 5.69 Å². The summed E-state index contributed by atoms with van der Waals surface area (Å²) in [4.78, 5) is 26.5. The Balaban J connectivity index is 3.59. The van der Waals surface area contributed by atoms with Crippen molar-refractivity contribution < 1.29 is 5.11 Å². The molecule has 1 heterocycles. The number of rotatable bonds is 1. The Bertz CT molecular complexity index is 437. The van der Waals surface area contributed by atoms with Gasteiger partial charge in [0, 0.05) is 0 Å². The minimum Gasteiger partial charge on any atom is -0.376 e. The maximum absolute atomic E-state index is 11.0. The van der Waals surface area contributed by atoms with Crippen LogP contribution in [-0.4, -0.2) is 14.7 Å². The molecule has 0 amide bonds. The van der Waals surface area contributed by atoms with Gasteiger partial charge in [-0.15, -0.1) is 0 Å². The Hall–Kier alpha value is -1.94. The maximum atomic E-state index is 11.0. The van der Waals surface area contributed by atoms with Crippen LogP contribution in [-0.2, 0) is 6.73 Å². The number of hydrogen-bond acceptors (Lipinski definition) is 4. The number of hydrogen-bond donors (Lipinski definition) is 2. The molecule has 62 valence electrons. The van der Waals surface area contributed by atoms with Gasteiger partial charge in [0.15, 0.2) is 4.98 Å². The number of nitrogens with one attached hydrogen (secondary N) is 1. The number of aliphatic hydroxyl groups excluding tert-OH is 1. The second-order valence-corrected chi connectivity index (χ2v) is 1.95. The van der Waals surface area contributed by atoms with Crippen LogP contribution in [0, 0.1) is 5.39 Å². The third kappa shape index (κ3) is 1.11. The molecular weight excluding hydrogens is 164 g/mol. The zero-order valence-electron chi connectivity index (χ0n) is 5.89. The quantitative estimate of drug-likeness (QED) is 0.524. The largest absolute Gasteiger partial charge is 0.465 e. The summed E-state index contributed by atoms with van der Waals surface area (Å²) >= 11 is 0. The lowest BCUT2D eigenvalue weighted by Gasteiger charge is -1.92. The molecule has 0 atom stereocenters. The highest BCUT2D eigenvalue weighted by atomic mass is 16.3. The molecule has 7 nitrogen and oxygen atoms in total. The average molecular weight is 169 g/mol. The Labute approximate surface area is 65.5 Å². The minimum atomic E-state index is -0.844. The minimum absolute atomic E-state index is 0.330. The van der Waals surface area contributed by atoms with Crippen LogP contribution in [0.3, 0.4) is 0 Å². The fourth-order valence-electron chi connectivity index (χ4n) is 0.700. The molecular formula is C5H5N4O3+. The van der Waals surface area contributed by atoms with Crippen LogP contribution in [0.25, 0.3) is 4.98 Å². The smallest absolute Gasteiger partial charge is 0.376 e. The van der Waals surface area contributed by atoms with Crippen molar-refractivity contribution in [2.75, 3.05) is 0 Å². The number of nitrogens with zero attached hydrogens (tertiary/aromatic N) is 3. The van der Waals surface area contributed by atoms with E-state index in [4.69, 9.17) is 10.5 Å². The van der Waals surface area contributed by atoms with Crippen molar-refractivity contribution in [3.63, 3.8) is 0 Å². The summed E-state index contributed by atoms with van der Waals surface area (Å²) in [7, 11) is 0. The molecule has 1 aromatic heterocycles. The monoisotopic (exact) mass is 169 g/mol. The van der Waals surface area contributed by atoms with E-state index in [0.29, 0.717) is 4.57 Å². The van der Waals surface area contributed by atoms with Crippen LogP contribution >= 0.6 is 0 Å². The lowest BCUT2D eigenvalue weighted by atomic mass is 10.5. The van der Waals surface area contributed by atoms with Crippen LogP contribution in [0.2, 0.25) is 0 Å². The zero-order valence-corrected chi connectivity index (χ0v) is 5.89. The first kappa shape index (κ1) is 8.16. The van der Waals surface area contributed by atoms with Gasteiger partial charge in [-0.25, -0.2) is 9.36 Å². The summed E-state index contributed by atoms with van der Waals surface area (Å²) < 4.78 is 0.495. The van der Waals surface area contributed by atoms with Crippen molar-refractivity contribution in [2.45, 2.75) is 6.73 Å². The van der Waals surface area contributed by atoms with Gasteiger partial charge in [-0.2, -0.15) is 0 Å². The van der Waals surface area contributed by atoms with Gasteiger partial charge in [-0.3, -0.25) is 4.79 Å². The number of H-pyrrole nitrogens is 1. The summed E-state index contributed by atoms with van der Waals surface area (Å²) in [6.07, 6.45) is 0.955. The molecule has 0 bridgehead atoms. The van der Waals surface area contributed by atoms with E-state index in [2.05, 4.69) is 9.96 Å². The van der Waals surface area contributed by atoms with E-state index < -0.39 is 18.0 Å². The van der Waals surface area contributed by atoms with E-state index in [1.165, 1.54) is 0 Å². The van der Waals surface area contributed by atoms with Crippen molar-refractivity contribution >= 4 is 5.69 Å². The maximum Gasteiger partial charge on any atom is 0.465 e. The molecule has 0 saturated carbocycles. The summed E-state index contributed by atoms with van der Waals surface area (Å²) in [5, 5.41) is 16.8. The molecule has 1 rings (SSSR count). The van der Waals surface area contributed by atoms with Gasteiger partial charge in [0.25, 0.3) is 0 Å². The molecule has 0 aliphatic rings. The third-order valence-electron chi connectivity index (χ3n) is 1.29. The molecule has 0 saturated heterocycles. The van der Waals surface area contributed by atoms with Crippen LogP contribution < -0.4 is 11.2 Å². The van der Waals surface area contributed by atoms with Crippen LogP contribution in [0.15, 0.2) is 15.8 Å². The standard InChI is InChI=1S/C5H4N4O3/c6-8-3-1-7-5(12)9(2-10)4(3)11/h1,10H,2H2/p+1. The molecule has 0 aliphatic heterocycles. The molecule has 1 aromatic rings. The molecule has 7 heteroatoms. The van der Waals surface area contributed by atoms with E-state index in [1.54, 1.807) is 0 Å². The van der Waals surface area contributed by atoms with E-state index in [1.807, 2.05) is 0 Å². The number of aliphatic hydroxyl groups is 1.